The molecular weight excluding hydrogens is 374 g/mol. The van der Waals surface area contributed by atoms with Crippen LogP contribution >= 0.6 is 15.9 Å². The molecule has 0 aliphatic carbocycles. The van der Waals surface area contributed by atoms with Crippen LogP contribution in [0, 0.1) is 12.8 Å². The Morgan fingerprint density at radius 2 is 1.82 bits per heavy atom. The van der Waals surface area contributed by atoms with Gasteiger partial charge in [-0.3, -0.25) is 0 Å². The predicted molar refractivity (Wildman–Crippen MR) is 85.4 cm³/mol. The standard InChI is InChI=1S/C7H14BrNO2.C7H8O3S/c1-5(2)6(9)7(10)11-4-3-8;1-6-2-4-7(5-3-6)11(8,9)10/h5-6H,3-4,9H2,1-2H3;2-5H,1H3,(H,8,9,10). The zero-order valence-corrected chi connectivity index (χ0v) is 15.3. The Balaban J connectivity index is 0.000000401. The molecule has 0 spiro atoms. The van der Waals surface area contributed by atoms with E-state index in [4.69, 9.17) is 4.74 Å². The first kappa shape index (κ1) is 21.0. The fourth-order valence-electron chi connectivity index (χ4n) is 1.22. The third-order valence-electron chi connectivity index (χ3n) is 2.74. The first-order valence-corrected chi connectivity index (χ1v) is 9.20. The second kappa shape index (κ2) is 9.94. The largest absolute Gasteiger partial charge is 0.744 e. The molecule has 0 heterocycles. The molecule has 0 aliphatic rings. The summed E-state index contributed by atoms with van der Waals surface area (Å²) in [6.07, 6.45) is 0. The van der Waals surface area contributed by atoms with Crippen molar-refractivity contribution >= 4 is 32.0 Å². The molecule has 1 atom stereocenters. The van der Waals surface area contributed by atoms with E-state index in [0.29, 0.717) is 11.9 Å². The van der Waals surface area contributed by atoms with Gasteiger partial charge in [-0.15, -0.1) is 0 Å². The summed E-state index contributed by atoms with van der Waals surface area (Å²) >= 11 is 3.17. The second-order valence-corrected chi connectivity index (χ2v) is 7.15. The van der Waals surface area contributed by atoms with E-state index in [1.165, 1.54) is 12.1 Å². The van der Waals surface area contributed by atoms with Gasteiger partial charge in [-0.05, 0) is 19.1 Å². The highest BCUT2D eigenvalue weighted by Crippen LogP contribution is 2.08. The summed E-state index contributed by atoms with van der Waals surface area (Å²) in [5.41, 5.74) is 4.63. The van der Waals surface area contributed by atoms with Gasteiger partial charge in [-0.1, -0.05) is 47.5 Å². The van der Waals surface area contributed by atoms with E-state index in [0.717, 1.165) is 5.56 Å². The number of carbonyl (C=O) groups is 1. The molecule has 1 unspecified atom stereocenters. The highest BCUT2D eigenvalue weighted by atomic mass is 79.9. The molecule has 1 aromatic rings. The highest BCUT2D eigenvalue weighted by Gasteiger charge is 2.22. The number of aryl methyl sites for hydroxylation is 1. The summed E-state index contributed by atoms with van der Waals surface area (Å²) in [6, 6.07) is 5.54. The number of alkyl halides is 1. The van der Waals surface area contributed by atoms with Crippen LogP contribution in [-0.4, -0.2) is 36.9 Å². The monoisotopic (exact) mass is 395 g/mol. The van der Waals surface area contributed by atoms with Crippen LogP contribution in [0.1, 0.15) is 19.4 Å². The van der Waals surface area contributed by atoms with Crippen molar-refractivity contribution in [2.75, 3.05) is 11.9 Å². The van der Waals surface area contributed by atoms with Crippen LogP contribution in [0.4, 0.5) is 0 Å². The first-order valence-electron chi connectivity index (χ1n) is 6.67. The molecule has 1 aromatic carbocycles. The zero-order valence-electron chi connectivity index (χ0n) is 12.9. The van der Waals surface area contributed by atoms with Crippen LogP contribution in [0.3, 0.4) is 0 Å². The van der Waals surface area contributed by atoms with Crippen LogP contribution in [-0.2, 0) is 19.6 Å². The van der Waals surface area contributed by atoms with Crippen molar-refractivity contribution in [1.82, 2.24) is 0 Å². The number of esters is 1. The van der Waals surface area contributed by atoms with Gasteiger partial charge < -0.3 is 15.0 Å². The maximum absolute atomic E-state index is 11.0. The van der Waals surface area contributed by atoms with Crippen molar-refractivity contribution in [3.63, 3.8) is 0 Å². The van der Waals surface area contributed by atoms with Gasteiger partial charge in [0.2, 0.25) is 0 Å². The summed E-state index contributed by atoms with van der Waals surface area (Å²) < 4.78 is 36.0. The maximum atomic E-state index is 11.0. The van der Waals surface area contributed by atoms with E-state index >= 15 is 0 Å². The van der Waals surface area contributed by atoms with Gasteiger partial charge in [0.05, 0.1) is 4.90 Å². The molecule has 8 heteroatoms. The molecule has 126 valence electrons. The number of halogens is 1. The van der Waals surface area contributed by atoms with E-state index in [2.05, 4.69) is 21.7 Å². The molecule has 0 radical (unpaired) electrons. The zero-order chi connectivity index (χ0) is 17.3. The van der Waals surface area contributed by atoms with Gasteiger partial charge in [-0.25, -0.2) is 13.2 Å². The Morgan fingerprint density at radius 3 is 2.18 bits per heavy atom. The number of carbonyl (C=O) groups excluding carboxylic acids is 1. The van der Waals surface area contributed by atoms with Crippen LogP contribution in [0.2, 0.25) is 0 Å². The van der Waals surface area contributed by atoms with Gasteiger partial charge in [0.25, 0.3) is 0 Å². The van der Waals surface area contributed by atoms with Gasteiger partial charge >= 0.3 is 5.97 Å². The number of quaternary nitrogens is 1. The molecular formula is C14H22BrNO5S. The van der Waals surface area contributed by atoms with Crippen LogP contribution in [0.15, 0.2) is 29.2 Å². The minimum atomic E-state index is -4.27. The quantitative estimate of drug-likeness (QED) is 0.455. The average molecular weight is 396 g/mol. The number of hydrogen-bond acceptors (Lipinski definition) is 5. The Hall–Kier alpha value is -0.960. The molecule has 1 rings (SSSR count). The number of rotatable bonds is 5. The fraction of sp³-hybridized carbons (Fsp3) is 0.500. The van der Waals surface area contributed by atoms with Crippen molar-refractivity contribution in [3.8, 4) is 0 Å². The molecule has 0 bridgehead atoms. The minimum Gasteiger partial charge on any atom is -0.744 e. The second-order valence-electron chi connectivity index (χ2n) is 4.97. The molecule has 0 aliphatic heterocycles. The van der Waals surface area contributed by atoms with Crippen molar-refractivity contribution in [2.24, 2.45) is 5.92 Å². The third-order valence-corrected chi connectivity index (χ3v) is 3.91. The number of benzene rings is 1. The lowest BCUT2D eigenvalue weighted by molar-refractivity contribution is -0.418. The third kappa shape index (κ3) is 8.47. The lowest BCUT2D eigenvalue weighted by Crippen LogP contribution is -2.67. The van der Waals surface area contributed by atoms with Crippen molar-refractivity contribution in [1.29, 1.82) is 0 Å². The van der Waals surface area contributed by atoms with Crippen molar-refractivity contribution < 1.29 is 28.2 Å². The minimum absolute atomic E-state index is 0.178. The molecule has 0 fully saturated rings. The normalized spacial score (nSPS) is 12.3. The van der Waals surface area contributed by atoms with Crippen molar-refractivity contribution in [2.45, 2.75) is 31.7 Å². The smallest absolute Gasteiger partial charge is 0.365 e. The molecule has 22 heavy (non-hydrogen) atoms. The van der Waals surface area contributed by atoms with E-state index < -0.39 is 10.1 Å². The average Bonchev–Trinajstić information content (AvgIpc) is 2.44. The van der Waals surface area contributed by atoms with Crippen LogP contribution in [0.25, 0.3) is 0 Å². The van der Waals surface area contributed by atoms with Crippen LogP contribution in [0.5, 0.6) is 0 Å². The Kier molecular flexibility index (Phi) is 9.50. The molecule has 6 nitrogen and oxygen atoms in total. The van der Waals surface area contributed by atoms with Crippen LogP contribution < -0.4 is 5.73 Å². The van der Waals surface area contributed by atoms with Gasteiger partial charge in [-0.2, -0.15) is 0 Å². The summed E-state index contributed by atoms with van der Waals surface area (Å²) in [6.45, 7) is 6.15. The van der Waals surface area contributed by atoms with Crippen molar-refractivity contribution in [3.05, 3.63) is 29.8 Å². The van der Waals surface area contributed by atoms with Gasteiger partial charge in [0, 0.05) is 11.2 Å². The molecule has 0 amide bonds. The SMILES string of the molecule is CC(C)C([NH3+])C(=O)OCCBr.Cc1ccc(S(=O)(=O)[O-])cc1. The summed E-state index contributed by atoms with van der Waals surface area (Å²) in [7, 11) is -4.27. The summed E-state index contributed by atoms with van der Waals surface area (Å²) in [4.78, 5) is 10.9. The van der Waals surface area contributed by atoms with E-state index in [9.17, 15) is 17.8 Å². The van der Waals surface area contributed by atoms with E-state index in [-0.39, 0.29) is 22.8 Å². The lowest BCUT2D eigenvalue weighted by atomic mass is 10.1. The molecule has 0 saturated carbocycles. The summed E-state index contributed by atoms with van der Waals surface area (Å²) in [5.74, 6) is 0.0391. The Bertz CT molecular complexity index is 557. The highest BCUT2D eigenvalue weighted by molar-refractivity contribution is 9.09. The lowest BCUT2D eigenvalue weighted by Gasteiger charge is -2.10. The molecule has 0 aromatic heterocycles. The topological polar surface area (TPSA) is 111 Å². The predicted octanol–water partition coefficient (Wildman–Crippen LogP) is 1.09. The van der Waals surface area contributed by atoms with Gasteiger partial charge in [0.15, 0.2) is 6.04 Å². The fourth-order valence-corrected chi connectivity index (χ4v) is 1.85. The summed E-state index contributed by atoms with van der Waals surface area (Å²) in [5, 5.41) is 0.684. The molecule has 3 N–H and O–H groups in total. The maximum Gasteiger partial charge on any atom is 0.365 e. The Morgan fingerprint density at radius 1 is 1.32 bits per heavy atom. The first-order chi connectivity index (χ1) is 10.1. The Labute approximate surface area is 139 Å². The number of hydrogen-bond donors (Lipinski definition) is 1. The van der Waals surface area contributed by atoms with E-state index in [1.54, 1.807) is 12.1 Å². The van der Waals surface area contributed by atoms with Gasteiger partial charge in [0.1, 0.15) is 16.7 Å². The molecule has 0 saturated heterocycles. The van der Waals surface area contributed by atoms with E-state index in [1.807, 2.05) is 20.8 Å². The number of ether oxygens (including phenoxy) is 1.